The number of hydrogen-bond donors (Lipinski definition) is 2. The molecule has 106 valence electrons. The number of phenols is 1. The first-order chi connectivity index (χ1) is 9.60. The lowest BCUT2D eigenvalue weighted by Crippen LogP contribution is -2.10. The lowest BCUT2D eigenvalue weighted by atomic mass is 10.0. The molecule has 0 aliphatic carbocycles. The van der Waals surface area contributed by atoms with Gasteiger partial charge in [-0.2, -0.15) is 0 Å². The van der Waals surface area contributed by atoms with E-state index in [1.807, 2.05) is 24.3 Å². The molecule has 2 nitrogen and oxygen atoms in total. The summed E-state index contributed by atoms with van der Waals surface area (Å²) in [5.74, 6) is -0.963. The van der Waals surface area contributed by atoms with Crippen molar-refractivity contribution < 1.29 is 9.50 Å². The average Bonchev–Trinajstić information content (AvgIpc) is 2.43. The number of benzene rings is 2. The van der Waals surface area contributed by atoms with Crippen LogP contribution in [-0.2, 0) is 0 Å². The van der Waals surface area contributed by atoms with Crippen molar-refractivity contribution in [2.24, 2.45) is 0 Å². The summed E-state index contributed by atoms with van der Waals surface area (Å²) < 4.78 is 13.4. The Balaban J connectivity index is 2.20. The zero-order chi connectivity index (χ0) is 14.5. The van der Waals surface area contributed by atoms with Gasteiger partial charge in [-0.15, -0.1) is 0 Å². The quantitative estimate of drug-likeness (QED) is 0.748. The number of phenolic OH excluding ortho intramolecular Hbond substituents is 1. The fourth-order valence-electron chi connectivity index (χ4n) is 2.10. The fourth-order valence-corrected chi connectivity index (χ4v) is 2.23. The molecule has 0 saturated carbocycles. The van der Waals surface area contributed by atoms with Gasteiger partial charge in [0.05, 0.1) is 6.04 Å². The summed E-state index contributed by atoms with van der Waals surface area (Å²) in [5, 5.41) is 13.2. The molecule has 1 unspecified atom stereocenters. The molecule has 2 aromatic carbocycles. The zero-order valence-corrected chi connectivity index (χ0v) is 12.0. The number of halogens is 2. The van der Waals surface area contributed by atoms with E-state index in [-0.39, 0.29) is 11.8 Å². The molecule has 0 radical (unpaired) electrons. The van der Waals surface area contributed by atoms with Crippen LogP contribution in [0.3, 0.4) is 0 Å². The summed E-state index contributed by atoms with van der Waals surface area (Å²) in [6.45, 7) is 2.10. The molecule has 0 heterocycles. The molecule has 2 N–H and O–H groups in total. The lowest BCUT2D eigenvalue weighted by Gasteiger charge is -2.20. The van der Waals surface area contributed by atoms with Gasteiger partial charge in [-0.3, -0.25) is 0 Å². The normalized spacial score (nSPS) is 12.2. The van der Waals surface area contributed by atoms with Crippen LogP contribution < -0.4 is 5.32 Å². The Morgan fingerprint density at radius 3 is 2.50 bits per heavy atom. The van der Waals surface area contributed by atoms with Crippen molar-refractivity contribution in [3.05, 3.63) is 58.9 Å². The van der Waals surface area contributed by atoms with Gasteiger partial charge in [0, 0.05) is 16.8 Å². The van der Waals surface area contributed by atoms with Crippen molar-refractivity contribution in [1.29, 1.82) is 0 Å². The summed E-state index contributed by atoms with van der Waals surface area (Å²) in [6.07, 6.45) is 1.92. The second-order valence-electron chi connectivity index (χ2n) is 4.70. The first-order valence-corrected chi connectivity index (χ1v) is 6.98. The molecule has 0 spiro atoms. The standard InChI is InChI=1S/C16H17ClFNO/c1-2-3-15(11-4-6-12(17)7-5-11)19-13-8-9-16(20)14(18)10-13/h4-10,15,19-20H,2-3H2,1H3. The largest absolute Gasteiger partial charge is 0.505 e. The summed E-state index contributed by atoms with van der Waals surface area (Å²) in [4.78, 5) is 0. The van der Waals surface area contributed by atoms with Crippen LogP contribution in [0.25, 0.3) is 0 Å². The molecule has 0 aromatic heterocycles. The van der Waals surface area contributed by atoms with E-state index >= 15 is 0 Å². The Bertz CT molecular complexity index is 571. The van der Waals surface area contributed by atoms with E-state index in [1.165, 1.54) is 12.1 Å². The third-order valence-corrected chi connectivity index (χ3v) is 3.39. The average molecular weight is 294 g/mol. The second-order valence-corrected chi connectivity index (χ2v) is 5.14. The van der Waals surface area contributed by atoms with Crippen LogP contribution in [-0.4, -0.2) is 5.11 Å². The van der Waals surface area contributed by atoms with Crippen molar-refractivity contribution in [3.8, 4) is 5.75 Å². The number of anilines is 1. The Labute approximate surface area is 123 Å². The molecule has 0 bridgehead atoms. The maximum atomic E-state index is 13.4. The van der Waals surface area contributed by atoms with Gasteiger partial charge >= 0.3 is 0 Å². The highest BCUT2D eigenvalue weighted by Gasteiger charge is 2.11. The molecule has 0 aliphatic rings. The highest BCUT2D eigenvalue weighted by atomic mass is 35.5. The van der Waals surface area contributed by atoms with Gasteiger partial charge in [0.1, 0.15) is 0 Å². The molecule has 2 rings (SSSR count). The van der Waals surface area contributed by atoms with E-state index < -0.39 is 5.82 Å². The molecule has 1 atom stereocenters. The molecule has 2 aromatic rings. The third kappa shape index (κ3) is 3.64. The Hall–Kier alpha value is -1.74. The molecule has 0 fully saturated rings. The molecular weight excluding hydrogens is 277 g/mol. The van der Waals surface area contributed by atoms with Crippen molar-refractivity contribution in [3.63, 3.8) is 0 Å². The molecule has 0 saturated heterocycles. The summed E-state index contributed by atoms with van der Waals surface area (Å²) in [5.41, 5.74) is 1.75. The number of rotatable bonds is 5. The van der Waals surface area contributed by atoms with Gasteiger partial charge in [0.25, 0.3) is 0 Å². The van der Waals surface area contributed by atoms with Crippen LogP contribution in [0.1, 0.15) is 31.4 Å². The first-order valence-electron chi connectivity index (χ1n) is 6.60. The SMILES string of the molecule is CCCC(Nc1ccc(O)c(F)c1)c1ccc(Cl)cc1. The van der Waals surface area contributed by atoms with E-state index in [0.717, 1.165) is 18.4 Å². The molecular formula is C16H17ClFNO. The van der Waals surface area contributed by atoms with E-state index in [0.29, 0.717) is 10.7 Å². The Morgan fingerprint density at radius 1 is 1.20 bits per heavy atom. The van der Waals surface area contributed by atoms with Gasteiger partial charge in [0.2, 0.25) is 0 Å². The Morgan fingerprint density at radius 2 is 1.90 bits per heavy atom. The smallest absolute Gasteiger partial charge is 0.166 e. The van der Waals surface area contributed by atoms with Gasteiger partial charge < -0.3 is 10.4 Å². The predicted molar refractivity (Wildman–Crippen MR) is 80.8 cm³/mol. The van der Waals surface area contributed by atoms with Gasteiger partial charge in [-0.1, -0.05) is 37.1 Å². The van der Waals surface area contributed by atoms with E-state index in [1.54, 1.807) is 6.07 Å². The minimum atomic E-state index is -0.624. The Kier molecular flexibility index (Phi) is 4.85. The van der Waals surface area contributed by atoms with Crippen LogP contribution in [0.4, 0.5) is 10.1 Å². The van der Waals surface area contributed by atoms with Crippen molar-refractivity contribution in [1.82, 2.24) is 0 Å². The highest BCUT2D eigenvalue weighted by molar-refractivity contribution is 6.30. The maximum absolute atomic E-state index is 13.4. The second kappa shape index (κ2) is 6.62. The third-order valence-electron chi connectivity index (χ3n) is 3.14. The van der Waals surface area contributed by atoms with Crippen molar-refractivity contribution >= 4 is 17.3 Å². The molecule has 0 aliphatic heterocycles. The summed E-state index contributed by atoms with van der Waals surface area (Å²) in [7, 11) is 0. The highest BCUT2D eigenvalue weighted by Crippen LogP contribution is 2.27. The topological polar surface area (TPSA) is 32.3 Å². The van der Waals surface area contributed by atoms with Gasteiger partial charge in [-0.05, 0) is 36.2 Å². The number of nitrogens with one attached hydrogen (secondary N) is 1. The lowest BCUT2D eigenvalue weighted by molar-refractivity contribution is 0.432. The molecule has 20 heavy (non-hydrogen) atoms. The van der Waals surface area contributed by atoms with Crippen LogP contribution in [0.15, 0.2) is 42.5 Å². The zero-order valence-electron chi connectivity index (χ0n) is 11.2. The predicted octanol–water partition coefficient (Wildman–Crippen LogP) is 5.14. The molecule has 4 heteroatoms. The van der Waals surface area contributed by atoms with Gasteiger partial charge in [0.15, 0.2) is 11.6 Å². The number of hydrogen-bond acceptors (Lipinski definition) is 2. The maximum Gasteiger partial charge on any atom is 0.166 e. The van der Waals surface area contributed by atoms with Crippen molar-refractivity contribution in [2.75, 3.05) is 5.32 Å². The van der Waals surface area contributed by atoms with Crippen LogP contribution in [0.5, 0.6) is 5.75 Å². The van der Waals surface area contributed by atoms with E-state index in [9.17, 15) is 9.50 Å². The van der Waals surface area contributed by atoms with Gasteiger partial charge in [-0.25, -0.2) is 4.39 Å². The fraction of sp³-hybridized carbons (Fsp3) is 0.250. The minimum Gasteiger partial charge on any atom is -0.505 e. The van der Waals surface area contributed by atoms with E-state index in [4.69, 9.17) is 11.6 Å². The minimum absolute atomic E-state index is 0.0845. The van der Waals surface area contributed by atoms with E-state index in [2.05, 4.69) is 12.2 Å². The monoisotopic (exact) mass is 293 g/mol. The molecule has 0 amide bonds. The van der Waals surface area contributed by atoms with Crippen molar-refractivity contribution in [2.45, 2.75) is 25.8 Å². The van der Waals surface area contributed by atoms with Crippen LogP contribution in [0, 0.1) is 5.82 Å². The first kappa shape index (κ1) is 14.7. The summed E-state index contributed by atoms with van der Waals surface area (Å²) in [6, 6.07) is 12.0. The summed E-state index contributed by atoms with van der Waals surface area (Å²) >= 11 is 5.89. The van der Waals surface area contributed by atoms with Crippen LogP contribution in [0.2, 0.25) is 5.02 Å². The number of aromatic hydroxyl groups is 1. The van der Waals surface area contributed by atoms with Crippen LogP contribution >= 0.6 is 11.6 Å².